The lowest BCUT2D eigenvalue weighted by Crippen LogP contribution is -2.31. The molecule has 0 amide bonds. The summed E-state index contributed by atoms with van der Waals surface area (Å²) in [5.41, 5.74) is 8.35. The number of aryl methyl sites for hydroxylation is 3. The van der Waals surface area contributed by atoms with Crippen molar-refractivity contribution in [3.8, 4) is 5.75 Å². The summed E-state index contributed by atoms with van der Waals surface area (Å²) in [6.45, 7) is 6.41. The van der Waals surface area contributed by atoms with Gasteiger partial charge in [-0.3, -0.25) is 0 Å². The molecular weight excluding hydrogens is 364 g/mol. The second-order valence-corrected chi connectivity index (χ2v) is 8.08. The van der Waals surface area contributed by atoms with Crippen LogP contribution in [0.25, 0.3) is 0 Å². The van der Waals surface area contributed by atoms with Crippen molar-refractivity contribution in [1.82, 2.24) is 0 Å². The van der Waals surface area contributed by atoms with E-state index < -0.39 is 5.41 Å². The summed E-state index contributed by atoms with van der Waals surface area (Å²) in [6.07, 6.45) is 0. The van der Waals surface area contributed by atoms with Gasteiger partial charge in [-0.1, -0.05) is 102 Å². The molecule has 0 spiro atoms. The van der Waals surface area contributed by atoms with Gasteiger partial charge in [-0.2, -0.15) is 0 Å². The summed E-state index contributed by atoms with van der Waals surface area (Å²) in [6, 6.07) is 35.3. The predicted octanol–water partition coefficient (Wildman–Crippen LogP) is 7.00. The molecule has 0 saturated heterocycles. The minimum absolute atomic E-state index is 0.415. The van der Waals surface area contributed by atoms with Gasteiger partial charge >= 0.3 is 0 Å². The largest absolute Gasteiger partial charge is 0.497 e. The Morgan fingerprint density at radius 3 is 0.967 bits per heavy atom. The van der Waals surface area contributed by atoms with Gasteiger partial charge in [0.25, 0.3) is 0 Å². The van der Waals surface area contributed by atoms with Crippen molar-refractivity contribution >= 4 is 0 Å². The third-order valence-corrected chi connectivity index (χ3v) is 5.98. The Kier molecular flexibility index (Phi) is 5.46. The molecule has 0 atom stereocenters. The normalized spacial score (nSPS) is 11.3. The molecule has 0 unspecified atom stereocenters. The van der Waals surface area contributed by atoms with E-state index in [-0.39, 0.29) is 0 Å². The number of hydrogen-bond acceptors (Lipinski definition) is 1. The number of rotatable bonds is 5. The maximum Gasteiger partial charge on any atom is 0.118 e. The van der Waals surface area contributed by atoms with Crippen molar-refractivity contribution < 1.29 is 4.74 Å². The van der Waals surface area contributed by atoms with Gasteiger partial charge in [0, 0.05) is 0 Å². The number of hydrogen-bond donors (Lipinski definition) is 0. The molecule has 4 aromatic carbocycles. The molecule has 0 aromatic heterocycles. The highest BCUT2D eigenvalue weighted by Crippen LogP contribution is 2.45. The second-order valence-electron chi connectivity index (χ2n) is 8.08. The zero-order valence-electron chi connectivity index (χ0n) is 18.1. The fourth-order valence-corrected chi connectivity index (χ4v) is 4.25. The molecule has 0 fully saturated rings. The minimum Gasteiger partial charge on any atom is -0.497 e. The van der Waals surface area contributed by atoms with Crippen LogP contribution in [-0.2, 0) is 5.41 Å². The third-order valence-electron chi connectivity index (χ3n) is 5.98. The molecule has 4 aromatic rings. The average Bonchev–Trinajstić information content (AvgIpc) is 2.78. The fourth-order valence-electron chi connectivity index (χ4n) is 4.25. The van der Waals surface area contributed by atoms with Crippen LogP contribution < -0.4 is 4.74 Å². The van der Waals surface area contributed by atoms with Crippen molar-refractivity contribution in [2.45, 2.75) is 26.2 Å². The highest BCUT2D eigenvalue weighted by atomic mass is 16.5. The van der Waals surface area contributed by atoms with Gasteiger partial charge in [0.2, 0.25) is 0 Å². The van der Waals surface area contributed by atoms with E-state index in [9.17, 15) is 0 Å². The summed E-state index contributed by atoms with van der Waals surface area (Å²) in [7, 11) is 1.71. The summed E-state index contributed by atoms with van der Waals surface area (Å²) in [5, 5.41) is 0. The Hall–Kier alpha value is -3.32. The van der Waals surface area contributed by atoms with Gasteiger partial charge in [0.15, 0.2) is 0 Å². The Bertz CT molecular complexity index is 992. The van der Waals surface area contributed by atoms with E-state index >= 15 is 0 Å². The average molecular weight is 393 g/mol. The summed E-state index contributed by atoms with van der Waals surface area (Å²) < 4.78 is 5.45. The quantitative estimate of drug-likeness (QED) is 0.332. The van der Waals surface area contributed by atoms with Gasteiger partial charge < -0.3 is 4.74 Å². The van der Waals surface area contributed by atoms with E-state index in [4.69, 9.17) is 4.74 Å². The molecular formula is C29H28O. The molecule has 0 radical (unpaired) electrons. The van der Waals surface area contributed by atoms with Crippen LogP contribution in [0.3, 0.4) is 0 Å². The second kappa shape index (κ2) is 8.20. The first-order chi connectivity index (χ1) is 14.5. The first-order valence-electron chi connectivity index (χ1n) is 10.4. The lowest BCUT2D eigenvalue weighted by atomic mass is 9.65. The molecule has 4 rings (SSSR count). The minimum atomic E-state index is -0.415. The Labute approximate surface area is 180 Å². The monoisotopic (exact) mass is 392 g/mol. The van der Waals surface area contributed by atoms with Gasteiger partial charge in [0.1, 0.15) is 5.75 Å². The van der Waals surface area contributed by atoms with Crippen LogP contribution in [0.2, 0.25) is 0 Å². The Balaban J connectivity index is 2.09. The number of benzene rings is 4. The third kappa shape index (κ3) is 3.52. The van der Waals surface area contributed by atoms with E-state index in [0.29, 0.717) is 0 Å². The van der Waals surface area contributed by atoms with Crippen LogP contribution in [-0.4, -0.2) is 7.11 Å². The maximum absolute atomic E-state index is 5.45. The van der Waals surface area contributed by atoms with Crippen LogP contribution in [0.1, 0.15) is 38.9 Å². The molecule has 0 aliphatic rings. The van der Waals surface area contributed by atoms with Crippen molar-refractivity contribution in [1.29, 1.82) is 0 Å². The molecule has 0 aliphatic heterocycles. The standard InChI is InChI=1S/C29H28O/c1-21-5-11-24(12-6-21)29(25-13-7-22(2)8-14-25,26-15-9-23(3)10-16-26)27-17-19-28(30-4)20-18-27/h5-20H,1-4H3. The highest BCUT2D eigenvalue weighted by Gasteiger charge is 2.38. The molecule has 0 aliphatic carbocycles. The summed E-state index contributed by atoms with van der Waals surface area (Å²) in [4.78, 5) is 0. The maximum atomic E-state index is 5.45. The zero-order chi connectivity index (χ0) is 21.1. The summed E-state index contributed by atoms with van der Waals surface area (Å²) >= 11 is 0. The van der Waals surface area contributed by atoms with E-state index in [2.05, 4.69) is 118 Å². The van der Waals surface area contributed by atoms with E-state index in [0.717, 1.165) is 5.75 Å². The topological polar surface area (TPSA) is 9.23 Å². The van der Waals surface area contributed by atoms with Crippen LogP contribution >= 0.6 is 0 Å². The van der Waals surface area contributed by atoms with E-state index in [1.807, 2.05) is 0 Å². The lowest BCUT2D eigenvalue weighted by molar-refractivity contribution is 0.414. The van der Waals surface area contributed by atoms with E-state index in [1.54, 1.807) is 7.11 Å². The SMILES string of the molecule is COc1ccc(C(c2ccc(C)cc2)(c2ccc(C)cc2)c2ccc(C)cc2)cc1. The number of methoxy groups -OCH3 is 1. The van der Waals surface area contributed by atoms with Gasteiger partial charge in [0.05, 0.1) is 12.5 Å². The van der Waals surface area contributed by atoms with Crippen LogP contribution in [0.4, 0.5) is 0 Å². The zero-order valence-corrected chi connectivity index (χ0v) is 18.1. The summed E-state index contributed by atoms with van der Waals surface area (Å²) in [5.74, 6) is 0.865. The molecule has 1 heteroatoms. The van der Waals surface area contributed by atoms with Gasteiger partial charge in [-0.05, 0) is 55.2 Å². The van der Waals surface area contributed by atoms with Crippen molar-refractivity contribution in [2.24, 2.45) is 0 Å². The molecule has 0 saturated carbocycles. The highest BCUT2D eigenvalue weighted by molar-refractivity contribution is 5.60. The van der Waals surface area contributed by atoms with Gasteiger partial charge in [-0.15, -0.1) is 0 Å². The molecule has 0 N–H and O–H groups in total. The van der Waals surface area contributed by atoms with Crippen LogP contribution in [0.15, 0.2) is 97.1 Å². The van der Waals surface area contributed by atoms with Crippen LogP contribution in [0, 0.1) is 20.8 Å². The Morgan fingerprint density at radius 1 is 0.433 bits per heavy atom. The first-order valence-corrected chi connectivity index (χ1v) is 10.4. The Morgan fingerprint density at radius 2 is 0.700 bits per heavy atom. The first kappa shape index (κ1) is 20.0. The van der Waals surface area contributed by atoms with Crippen molar-refractivity contribution in [3.05, 3.63) is 136 Å². The van der Waals surface area contributed by atoms with Crippen molar-refractivity contribution in [2.75, 3.05) is 7.11 Å². The van der Waals surface area contributed by atoms with E-state index in [1.165, 1.54) is 38.9 Å². The fraction of sp³-hybridized carbons (Fsp3) is 0.172. The molecule has 150 valence electrons. The van der Waals surface area contributed by atoms with Crippen molar-refractivity contribution in [3.63, 3.8) is 0 Å². The lowest BCUT2D eigenvalue weighted by Gasteiger charge is -2.37. The molecule has 1 nitrogen and oxygen atoms in total. The smallest absolute Gasteiger partial charge is 0.118 e. The molecule has 0 bridgehead atoms. The van der Waals surface area contributed by atoms with Gasteiger partial charge in [-0.25, -0.2) is 0 Å². The van der Waals surface area contributed by atoms with Crippen LogP contribution in [0.5, 0.6) is 5.75 Å². The number of ether oxygens (including phenoxy) is 1. The molecule has 30 heavy (non-hydrogen) atoms. The predicted molar refractivity (Wildman–Crippen MR) is 126 cm³/mol. The molecule has 0 heterocycles.